The Morgan fingerprint density at radius 2 is 1.80 bits per heavy atom. The van der Waals surface area contributed by atoms with Crippen LogP contribution in [-0.4, -0.2) is 38.5 Å². The van der Waals surface area contributed by atoms with Crippen molar-refractivity contribution < 1.29 is 28.5 Å². The van der Waals surface area contributed by atoms with Gasteiger partial charge in [0.2, 0.25) is 0 Å². The fourth-order valence-electron chi connectivity index (χ4n) is 5.09. The van der Waals surface area contributed by atoms with Gasteiger partial charge in [0.15, 0.2) is 16.3 Å². The van der Waals surface area contributed by atoms with Gasteiger partial charge in [-0.1, -0.05) is 35.6 Å². The van der Waals surface area contributed by atoms with Crippen molar-refractivity contribution in [3.8, 4) is 29.1 Å². The Bertz CT molecular complexity index is 2020. The molecule has 1 aliphatic heterocycles. The van der Waals surface area contributed by atoms with Crippen LogP contribution in [0.2, 0.25) is 0 Å². The topological polar surface area (TPSA) is 121 Å². The van der Waals surface area contributed by atoms with E-state index in [0.29, 0.717) is 54.7 Å². The fourth-order valence-corrected chi connectivity index (χ4v) is 6.13. The Kier molecular flexibility index (Phi) is 9.35. The van der Waals surface area contributed by atoms with Gasteiger partial charge in [-0.05, 0) is 55.8 Å². The summed E-state index contributed by atoms with van der Waals surface area (Å²) in [5, 5.41) is 9.38. The first-order valence-electron chi connectivity index (χ1n) is 14.0. The van der Waals surface area contributed by atoms with Gasteiger partial charge in [0.1, 0.15) is 24.1 Å². The minimum atomic E-state index is -0.843. The summed E-state index contributed by atoms with van der Waals surface area (Å²) in [4.78, 5) is 32.4. The number of thiazole rings is 1. The highest BCUT2D eigenvalue weighted by Gasteiger charge is 2.35. The summed E-state index contributed by atoms with van der Waals surface area (Å²) >= 11 is 1.21. The van der Waals surface area contributed by atoms with Crippen LogP contribution in [0.15, 0.2) is 81.7 Å². The number of rotatable bonds is 10. The number of aromatic nitrogens is 1. The molecule has 3 aromatic carbocycles. The van der Waals surface area contributed by atoms with Gasteiger partial charge < -0.3 is 23.7 Å². The van der Waals surface area contributed by atoms with Gasteiger partial charge in [0.05, 0.1) is 55.4 Å². The monoisotopic (exact) mass is 625 g/mol. The maximum Gasteiger partial charge on any atom is 0.338 e. The zero-order chi connectivity index (χ0) is 32.1. The molecule has 4 aromatic rings. The Balaban J connectivity index is 1.58. The maximum absolute atomic E-state index is 14.1. The normalized spacial score (nSPS) is 14.2. The third kappa shape index (κ3) is 6.18. The lowest BCUT2D eigenvalue weighted by atomic mass is 9.95. The van der Waals surface area contributed by atoms with E-state index in [1.54, 1.807) is 69.5 Å². The molecular formula is C34H31N3O7S. The van der Waals surface area contributed by atoms with E-state index in [4.69, 9.17) is 23.7 Å². The van der Waals surface area contributed by atoms with E-state index in [2.05, 4.69) is 11.1 Å². The highest BCUT2D eigenvalue weighted by Crippen LogP contribution is 2.37. The van der Waals surface area contributed by atoms with E-state index in [1.165, 1.54) is 30.1 Å². The van der Waals surface area contributed by atoms with Crippen molar-refractivity contribution in [1.29, 1.82) is 5.26 Å². The molecule has 1 aliphatic rings. The van der Waals surface area contributed by atoms with Gasteiger partial charge in [-0.25, -0.2) is 9.79 Å². The molecule has 2 heterocycles. The number of allylic oxidation sites excluding steroid dienone is 1. The number of ether oxygens (including phenoxy) is 5. The molecule has 10 nitrogen and oxygen atoms in total. The molecule has 0 aliphatic carbocycles. The van der Waals surface area contributed by atoms with Gasteiger partial charge in [0, 0.05) is 17.2 Å². The largest absolute Gasteiger partial charge is 0.497 e. The molecule has 1 unspecified atom stereocenters. The van der Waals surface area contributed by atoms with Crippen LogP contribution in [0.25, 0.3) is 6.08 Å². The van der Waals surface area contributed by atoms with Crippen LogP contribution in [0.1, 0.15) is 42.1 Å². The summed E-state index contributed by atoms with van der Waals surface area (Å²) in [5.41, 5.74) is 2.95. The van der Waals surface area contributed by atoms with Crippen LogP contribution in [0.5, 0.6) is 23.0 Å². The van der Waals surface area contributed by atoms with Crippen molar-refractivity contribution in [2.45, 2.75) is 26.5 Å². The van der Waals surface area contributed by atoms with Crippen molar-refractivity contribution >= 4 is 23.4 Å². The van der Waals surface area contributed by atoms with E-state index in [9.17, 15) is 14.9 Å². The first-order valence-corrected chi connectivity index (χ1v) is 14.9. The van der Waals surface area contributed by atoms with Crippen LogP contribution in [0.3, 0.4) is 0 Å². The van der Waals surface area contributed by atoms with Gasteiger partial charge in [-0.2, -0.15) is 5.26 Å². The zero-order valence-corrected chi connectivity index (χ0v) is 26.3. The second-order valence-electron chi connectivity index (χ2n) is 9.88. The number of fused-ring (bicyclic) bond motifs is 1. The molecule has 1 aromatic heterocycles. The molecule has 0 amide bonds. The average Bonchev–Trinajstić information content (AvgIpc) is 3.36. The van der Waals surface area contributed by atoms with Gasteiger partial charge >= 0.3 is 5.97 Å². The molecule has 0 N–H and O–H groups in total. The number of nitrogens with zero attached hydrogens (tertiary/aromatic N) is 3. The first kappa shape index (κ1) is 31.1. The summed E-state index contributed by atoms with van der Waals surface area (Å²) < 4.78 is 29.9. The molecule has 0 saturated carbocycles. The summed E-state index contributed by atoms with van der Waals surface area (Å²) in [6.45, 7) is 3.81. The van der Waals surface area contributed by atoms with Crippen LogP contribution in [0.4, 0.5) is 0 Å². The predicted molar refractivity (Wildman–Crippen MR) is 168 cm³/mol. The van der Waals surface area contributed by atoms with Crippen LogP contribution in [-0.2, 0) is 16.1 Å². The number of carbonyl (C=O) groups is 1. The number of hydrogen-bond donors (Lipinski definition) is 0. The SMILES string of the molecule is CCOC(=O)C1=C(C)N=c2sc(=Cc3ccc(OCc4ccccc4C#N)c(OC)c3)c(=O)n2C1c1ccc(OC)cc1OC. The van der Waals surface area contributed by atoms with Crippen LogP contribution >= 0.6 is 11.3 Å². The van der Waals surface area contributed by atoms with Crippen LogP contribution in [0, 0.1) is 11.3 Å². The first-order chi connectivity index (χ1) is 21.8. The average molecular weight is 626 g/mol. The van der Waals surface area contributed by atoms with E-state index >= 15 is 0 Å². The van der Waals surface area contributed by atoms with Crippen molar-refractivity contribution in [2.75, 3.05) is 27.9 Å². The smallest absolute Gasteiger partial charge is 0.338 e. The van der Waals surface area contributed by atoms with E-state index in [1.807, 2.05) is 18.2 Å². The standard InChI is InChI=1S/C34H31N3O7S/c1-6-43-33(39)30-20(2)36-34-37(31(30)25-13-12-24(40-3)17-27(25)41-4)32(38)29(45-34)16-21-11-14-26(28(15-21)42-5)44-19-23-10-8-7-9-22(23)18-35/h7-17,31H,6,19H2,1-5H3. The lowest BCUT2D eigenvalue weighted by Gasteiger charge is -2.26. The third-order valence-corrected chi connectivity index (χ3v) is 8.24. The molecule has 45 heavy (non-hydrogen) atoms. The minimum Gasteiger partial charge on any atom is -0.497 e. The molecule has 0 spiro atoms. The van der Waals surface area contributed by atoms with E-state index < -0.39 is 12.0 Å². The second-order valence-corrected chi connectivity index (χ2v) is 10.9. The molecule has 1 atom stereocenters. The van der Waals surface area contributed by atoms with Gasteiger partial charge in [-0.15, -0.1) is 0 Å². The third-order valence-electron chi connectivity index (χ3n) is 7.26. The van der Waals surface area contributed by atoms with Crippen molar-refractivity contribution in [3.63, 3.8) is 0 Å². The highest BCUT2D eigenvalue weighted by molar-refractivity contribution is 7.07. The highest BCUT2D eigenvalue weighted by atomic mass is 32.1. The quantitative estimate of drug-likeness (QED) is 0.240. The number of methoxy groups -OCH3 is 3. The zero-order valence-electron chi connectivity index (χ0n) is 25.5. The fraction of sp³-hybridized carbons (Fsp3) is 0.235. The molecule has 0 radical (unpaired) electrons. The lowest BCUT2D eigenvalue weighted by molar-refractivity contribution is -0.139. The van der Waals surface area contributed by atoms with Crippen molar-refractivity contribution in [2.24, 2.45) is 4.99 Å². The number of carbonyl (C=O) groups excluding carboxylic acids is 1. The lowest BCUT2D eigenvalue weighted by Crippen LogP contribution is -2.40. The summed E-state index contributed by atoms with van der Waals surface area (Å²) in [6, 6.07) is 19.1. The molecule has 0 bridgehead atoms. The molecule has 5 rings (SSSR count). The number of hydrogen-bond acceptors (Lipinski definition) is 10. The second kappa shape index (κ2) is 13.5. The van der Waals surface area contributed by atoms with Crippen molar-refractivity contribution in [3.05, 3.63) is 114 Å². The van der Waals surface area contributed by atoms with E-state index in [0.717, 1.165) is 5.56 Å². The van der Waals surface area contributed by atoms with Crippen LogP contribution < -0.4 is 33.8 Å². The molecule has 11 heteroatoms. The minimum absolute atomic E-state index is 0.166. The number of benzene rings is 3. The number of esters is 1. The van der Waals surface area contributed by atoms with Crippen molar-refractivity contribution in [1.82, 2.24) is 4.57 Å². The summed E-state index contributed by atoms with van der Waals surface area (Å²) in [7, 11) is 4.60. The van der Waals surface area contributed by atoms with Gasteiger partial charge in [0.25, 0.3) is 5.56 Å². The molecule has 0 fully saturated rings. The number of nitriles is 1. The van der Waals surface area contributed by atoms with Gasteiger partial charge in [-0.3, -0.25) is 9.36 Å². The molecular weight excluding hydrogens is 594 g/mol. The Hall–Kier alpha value is -5.34. The molecule has 0 saturated heterocycles. The maximum atomic E-state index is 14.1. The predicted octanol–water partition coefficient (Wildman–Crippen LogP) is 4.27. The van der Waals surface area contributed by atoms with E-state index in [-0.39, 0.29) is 24.3 Å². The molecule has 230 valence electrons. The summed E-state index contributed by atoms with van der Waals surface area (Å²) in [6.07, 6.45) is 1.74. The summed E-state index contributed by atoms with van der Waals surface area (Å²) in [5.74, 6) is 1.41. The Labute approximate surface area is 263 Å². The Morgan fingerprint density at radius 1 is 1.02 bits per heavy atom. The Morgan fingerprint density at radius 3 is 2.51 bits per heavy atom.